The van der Waals surface area contributed by atoms with Crippen LogP contribution in [0.15, 0.2) is 166 Å². The van der Waals surface area contributed by atoms with Gasteiger partial charge in [0.05, 0.1) is 74.3 Å². The number of benzene rings is 4. The number of carbonyl (C=O) groups excluding carboxylic acids is 5. The van der Waals surface area contributed by atoms with Gasteiger partial charge in [-0.15, -0.1) is 10.2 Å². The molecule has 10 heterocycles. The number of carbonyl (C=O) groups is 5. The summed E-state index contributed by atoms with van der Waals surface area (Å²) in [6.45, 7) is 15.5. The van der Waals surface area contributed by atoms with Crippen LogP contribution in [0, 0.1) is 53.2 Å². The number of rotatable bonds is 20. The van der Waals surface area contributed by atoms with Crippen LogP contribution in [-0.2, 0) is 11.8 Å². The van der Waals surface area contributed by atoms with Crippen molar-refractivity contribution in [2.45, 2.75) is 117 Å². The predicted octanol–water partition coefficient (Wildman–Crippen LogP) is 13.1. The number of hydrogen-bond donors (Lipinski definition) is 4. The van der Waals surface area contributed by atoms with Crippen LogP contribution < -0.4 is 26.0 Å². The second-order valence-electron chi connectivity index (χ2n) is 29.6. The highest BCUT2D eigenvalue weighted by molar-refractivity contribution is 7.13. The van der Waals surface area contributed by atoms with Gasteiger partial charge in [0.2, 0.25) is 5.13 Å². The van der Waals surface area contributed by atoms with Crippen molar-refractivity contribution in [2.24, 2.45) is 7.05 Å². The standard InChI is InChI=1S/C25H25FN6O3.C24H22FN5O2.C19H21N5O.C17H17N5OS/c1-14-7-20(26)18(24(33)29-16-5-6-16)8-17(14)15-10-28-32(12-15)23-11-27-22-9-21(35-4)19(13-31(22)23)25(34)30(2)3;1-14-8-21(25)20(24(31)28-18-5-6-18)9-19(14)17-10-27-30(13-17)23-11-26-22-7-4-16(12-29(22)23)15(2)32-3;1-12-4-5-14(19(25)22-16-6-7-16)8-17(12)15-9-21-24(11-15)18-10-20-13(2)23(18)3;1-10-3-4-12(16(23)19-14-5-6-14)7-15(10)13-8-18-22(9-13)17-21-20-11(2)24-17/h7-13,16H,5-6H2,1-4H3,(H,29,33);4,7-13,18H,2,5-6H2,1,3H3,(H,28,31);4-5,8-11,16H,6-7H2,1-3H3,(H,22,25);3-4,7-9,14H,5-6H2,1-2H3,(H,19,23). The zero-order valence-corrected chi connectivity index (χ0v) is 66.6. The lowest BCUT2D eigenvalue weighted by molar-refractivity contribution is 0.0822. The smallest absolute Gasteiger partial charge is 0.258 e. The summed E-state index contributed by atoms with van der Waals surface area (Å²) in [4.78, 5) is 76.9. The fourth-order valence-electron chi connectivity index (χ4n) is 13.0. The molecular formula is C85H85F2N21O7S. The van der Waals surface area contributed by atoms with Gasteiger partial charge in [-0.05, 0) is 198 Å². The number of aryl methyl sites for hydroxylation is 6. The van der Waals surface area contributed by atoms with Gasteiger partial charge in [0.15, 0.2) is 17.5 Å². The van der Waals surface area contributed by atoms with Gasteiger partial charge in [-0.1, -0.05) is 30.0 Å². The molecule has 0 spiro atoms. The lowest BCUT2D eigenvalue weighted by atomic mass is 9.99. The van der Waals surface area contributed by atoms with Gasteiger partial charge in [-0.3, -0.25) is 32.8 Å². The van der Waals surface area contributed by atoms with Gasteiger partial charge in [0.25, 0.3) is 29.5 Å². The molecule has 0 unspecified atom stereocenters. The van der Waals surface area contributed by atoms with Crippen LogP contribution in [0.2, 0.25) is 0 Å². The van der Waals surface area contributed by atoms with Crippen molar-refractivity contribution in [1.82, 2.24) is 104 Å². The minimum absolute atomic E-state index is 0.00148. The molecule has 0 saturated heterocycles. The van der Waals surface area contributed by atoms with Crippen LogP contribution in [0.25, 0.3) is 84.1 Å². The Kier molecular flexibility index (Phi) is 21.8. The summed E-state index contributed by atoms with van der Waals surface area (Å²) in [6.07, 6.45) is 31.3. The molecule has 0 radical (unpaired) electrons. The molecule has 4 N–H and O–H groups in total. The molecule has 592 valence electrons. The Morgan fingerprint density at radius 1 is 0.466 bits per heavy atom. The van der Waals surface area contributed by atoms with Crippen molar-refractivity contribution in [3.05, 3.63) is 244 Å². The minimum atomic E-state index is -0.550. The first-order valence-electron chi connectivity index (χ1n) is 37.9. The first-order valence-corrected chi connectivity index (χ1v) is 38.7. The molecule has 14 aromatic rings. The molecule has 4 aromatic carbocycles. The average molecular weight is 1580 g/mol. The van der Waals surface area contributed by atoms with Gasteiger partial charge in [-0.25, -0.2) is 42.5 Å². The molecular weight excluding hydrogens is 1500 g/mol. The molecule has 4 aliphatic carbocycles. The monoisotopic (exact) mass is 1580 g/mol. The summed E-state index contributed by atoms with van der Waals surface area (Å²) >= 11 is 1.49. The molecule has 0 bridgehead atoms. The van der Waals surface area contributed by atoms with Crippen LogP contribution in [0.1, 0.15) is 142 Å². The van der Waals surface area contributed by atoms with Crippen molar-refractivity contribution in [3.63, 3.8) is 0 Å². The number of aromatic nitrogens is 16. The number of amides is 5. The Morgan fingerprint density at radius 2 is 0.888 bits per heavy atom. The van der Waals surface area contributed by atoms with Crippen molar-refractivity contribution in [2.75, 3.05) is 28.3 Å². The summed E-state index contributed by atoms with van der Waals surface area (Å²) in [7, 11) is 8.39. The van der Waals surface area contributed by atoms with Crippen molar-refractivity contribution in [3.8, 4) is 72.8 Å². The summed E-state index contributed by atoms with van der Waals surface area (Å²) in [5, 5.41) is 39.3. The Hall–Kier alpha value is -13.6. The lowest BCUT2D eigenvalue weighted by Crippen LogP contribution is -2.26. The third-order valence-electron chi connectivity index (χ3n) is 20.5. The summed E-state index contributed by atoms with van der Waals surface area (Å²) < 4.78 is 52.2. The number of methoxy groups -OCH3 is 2. The largest absolute Gasteiger partial charge is 0.497 e. The Bertz CT molecular complexity index is 6160. The van der Waals surface area contributed by atoms with Gasteiger partial charge < -0.3 is 40.2 Å². The van der Waals surface area contributed by atoms with E-state index in [2.05, 4.69) is 73.4 Å². The maximum atomic E-state index is 14.6. The molecule has 4 fully saturated rings. The molecule has 0 aliphatic heterocycles. The number of hydrogen-bond acceptors (Lipinski definition) is 17. The van der Waals surface area contributed by atoms with E-state index in [-0.39, 0.29) is 46.8 Å². The maximum absolute atomic E-state index is 14.6. The van der Waals surface area contributed by atoms with E-state index >= 15 is 0 Å². The van der Waals surface area contributed by atoms with E-state index in [1.807, 2.05) is 135 Å². The second-order valence-corrected chi connectivity index (χ2v) is 30.7. The molecule has 5 amide bonds. The van der Waals surface area contributed by atoms with Gasteiger partial charge in [-0.2, -0.15) is 20.4 Å². The number of halogens is 2. The fraction of sp³-hybridized carbons (Fsp3) is 0.271. The van der Waals surface area contributed by atoms with E-state index in [9.17, 15) is 32.8 Å². The van der Waals surface area contributed by atoms with E-state index < -0.39 is 17.5 Å². The van der Waals surface area contributed by atoms with Gasteiger partial charge in [0, 0.05) is 128 Å². The molecule has 31 heteroatoms. The van der Waals surface area contributed by atoms with E-state index in [0.29, 0.717) is 62.9 Å². The normalized spacial score (nSPS) is 13.5. The average Bonchev–Trinajstić information content (AvgIpc) is 1.64. The highest BCUT2D eigenvalue weighted by Gasteiger charge is 2.30. The molecule has 4 saturated carbocycles. The summed E-state index contributed by atoms with van der Waals surface area (Å²) in [6, 6.07) is 24.0. The Morgan fingerprint density at radius 3 is 1.32 bits per heavy atom. The number of imidazole rings is 3. The van der Waals surface area contributed by atoms with Gasteiger partial charge in [0.1, 0.15) is 45.3 Å². The fourth-order valence-corrected chi connectivity index (χ4v) is 13.6. The number of nitrogens with one attached hydrogen (secondary N) is 4. The van der Waals surface area contributed by atoms with Crippen LogP contribution in [-0.4, -0.2) is 165 Å². The van der Waals surface area contributed by atoms with E-state index in [1.54, 1.807) is 114 Å². The van der Waals surface area contributed by atoms with Crippen molar-refractivity contribution < 1.29 is 42.2 Å². The van der Waals surface area contributed by atoms with Crippen LogP contribution >= 0.6 is 11.3 Å². The first kappa shape index (κ1) is 77.7. The molecule has 28 nitrogen and oxygen atoms in total. The maximum Gasteiger partial charge on any atom is 0.258 e. The third-order valence-corrected chi connectivity index (χ3v) is 21.3. The quantitative estimate of drug-likeness (QED) is 0.0515. The minimum Gasteiger partial charge on any atom is -0.497 e. The number of ether oxygens (including phenoxy) is 2. The first-order chi connectivity index (χ1) is 55.8. The predicted molar refractivity (Wildman–Crippen MR) is 435 cm³/mol. The van der Waals surface area contributed by atoms with Gasteiger partial charge >= 0.3 is 0 Å². The Labute approximate surface area is 669 Å². The number of pyridine rings is 2. The second kappa shape index (κ2) is 32.5. The zero-order valence-electron chi connectivity index (χ0n) is 65.8. The number of fused-ring (bicyclic) bond motifs is 2. The van der Waals surface area contributed by atoms with Crippen molar-refractivity contribution in [1.29, 1.82) is 0 Å². The number of nitrogens with zero attached hydrogens (tertiary/aromatic N) is 17. The third kappa shape index (κ3) is 17.0. The van der Waals surface area contributed by atoms with E-state index in [0.717, 1.165) is 146 Å². The highest BCUT2D eigenvalue weighted by atomic mass is 32.1. The van der Waals surface area contributed by atoms with Crippen LogP contribution in [0.5, 0.6) is 5.75 Å². The molecule has 4 aliphatic rings. The molecule has 116 heavy (non-hydrogen) atoms. The van der Waals surface area contributed by atoms with Crippen LogP contribution in [0.3, 0.4) is 0 Å². The molecule has 0 atom stereocenters. The van der Waals surface area contributed by atoms with E-state index in [4.69, 9.17) is 9.47 Å². The molecule has 18 rings (SSSR count). The lowest BCUT2D eigenvalue weighted by Gasteiger charge is -2.14. The topological polar surface area (TPSA) is 305 Å². The summed E-state index contributed by atoms with van der Waals surface area (Å²) in [5.74, 6) is 2.06. The van der Waals surface area contributed by atoms with E-state index in [1.165, 1.54) is 35.5 Å². The summed E-state index contributed by atoms with van der Waals surface area (Å²) in [5.41, 5.74) is 14.5. The SMILES string of the molecule is C=C(OC)c1ccc2ncc(-n3cc(-c4cc(C(=O)NC5CC5)c(F)cc4C)cn3)n2c1.COc1cc2ncc(-n3cc(-c4cc(C(=O)NC5CC5)c(F)cc4C)cn3)n2cc1C(=O)N(C)C.Cc1ccc(C(=O)NC2CC2)cc1-c1cnn(-c2cnc(C)n2C)c1.Cc1nnc(-n2cc(-c3cc(C(=O)NC4CC4)ccc3C)cn2)s1. The molecule has 10 aromatic heterocycles. The van der Waals surface area contributed by atoms with Crippen molar-refractivity contribution >= 4 is 57.9 Å². The highest BCUT2D eigenvalue weighted by Crippen LogP contribution is 2.34. The Balaban J connectivity index is 0.000000123. The van der Waals surface area contributed by atoms with Crippen LogP contribution in [0.4, 0.5) is 8.78 Å². The zero-order chi connectivity index (χ0) is 81.5.